The number of amides is 2. The van der Waals surface area contributed by atoms with E-state index in [1.807, 2.05) is 32.9 Å². The number of hydrogen-bond acceptors (Lipinski definition) is 5. The molecule has 0 radical (unpaired) electrons. The molecule has 29 heavy (non-hydrogen) atoms. The van der Waals surface area contributed by atoms with Gasteiger partial charge in [0.15, 0.2) is 11.7 Å². The molecule has 0 unspecified atom stereocenters. The molecular formula is C21H25N3O4S. The van der Waals surface area contributed by atoms with E-state index >= 15 is 0 Å². The summed E-state index contributed by atoms with van der Waals surface area (Å²) in [5, 5.41) is 2.46. The van der Waals surface area contributed by atoms with Gasteiger partial charge in [0.2, 0.25) is 0 Å². The van der Waals surface area contributed by atoms with E-state index in [-0.39, 0.29) is 11.7 Å². The molecule has 2 amide bonds. The Bertz CT molecular complexity index is 853. The van der Waals surface area contributed by atoms with Crippen LogP contribution in [0.3, 0.4) is 0 Å². The minimum atomic E-state index is -0.439. The van der Waals surface area contributed by atoms with Crippen LogP contribution in [0.4, 0.5) is 0 Å². The van der Waals surface area contributed by atoms with Crippen LogP contribution in [0.5, 0.6) is 11.5 Å². The number of ether oxygens (including phenoxy) is 2. The Morgan fingerprint density at radius 2 is 1.72 bits per heavy atom. The van der Waals surface area contributed by atoms with E-state index in [4.69, 9.17) is 21.7 Å². The summed E-state index contributed by atoms with van der Waals surface area (Å²) in [6.07, 6.45) is 0. The molecule has 0 heterocycles. The van der Waals surface area contributed by atoms with E-state index in [2.05, 4.69) is 16.2 Å². The van der Waals surface area contributed by atoms with Crippen LogP contribution in [0.25, 0.3) is 0 Å². The molecule has 0 bridgehead atoms. The molecule has 7 nitrogen and oxygen atoms in total. The lowest BCUT2D eigenvalue weighted by molar-refractivity contribution is -0.123. The number of carbonyl (C=O) groups excluding carboxylic acids is 2. The van der Waals surface area contributed by atoms with Gasteiger partial charge in [0.25, 0.3) is 11.8 Å². The first-order valence-corrected chi connectivity index (χ1v) is 9.57. The molecule has 0 aromatic heterocycles. The molecule has 2 rings (SSSR count). The maximum atomic E-state index is 12.3. The molecule has 0 aliphatic carbocycles. The zero-order valence-electron chi connectivity index (χ0n) is 16.7. The minimum absolute atomic E-state index is 0.0350. The summed E-state index contributed by atoms with van der Waals surface area (Å²) in [6.45, 7) is 6.41. The van der Waals surface area contributed by atoms with Crippen molar-refractivity contribution < 1.29 is 19.1 Å². The molecule has 0 saturated carbocycles. The largest absolute Gasteiger partial charge is 0.493 e. The van der Waals surface area contributed by atoms with Crippen molar-refractivity contribution in [3.8, 4) is 11.5 Å². The second-order valence-corrected chi connectivity index (χ2v) is 7.20. The van der Waals surface area contributed by atoms with E-state index < -0.39 is 11.8 Å². The normalized spacial score (nSPS) is 10.2. The van der Waals surface area contributed by atoms with Gasteiger partial charge in [-0.05, 0) is 55.4 Å². The third-order valence-electron chi connectivity index (χ3n) is 3.61. The number of hydrogen-bond donors (Lipinski definition) is 3. The molecular weight excluding hydrogens is 390 g/mol. The summed E-state index contributed by atoms with van der Waals surface area (Å²) in [4.78, 5) is 24.1. The lowest BCUT2D eigenvalue weighted by atomic mass is 10.2. The van der Waals surface area contributed by atoms with Gasteiger partial charge >= 0.3 is 0 Å². The summed E-state index contributed by atoms with van der Waals surface area (Å²) in [5.41, 5.74) is 6.33. The van der Waals surface area contributed by atoms with Crippen LogP contribution in [0.2, 0.25) is 0 Å². The molecule has 8 heteroatoms. The van der Waals surface area contributed by atoms with Crippen molar-refractivity contribution in [1.82, 2.24) is 16.2 Å². The number of aryl methyl sites for hydroxylation is 1. The van der Waals surface area contributed by atoms with Crippen molar-refractivity contribution in [3.05, 3.63) is 59.7 Å². The standard InChI is InChI=1S/C21H25N3O4S/c1-14(2)12-27-18-6-4-5-16(11-18)20(26)22-21(29)24-23-19(25)13-28-17-9-7-15(3)8-10-17/h4-11,14H,12-13H2,1-3H3,(H,23,25)(H2,22,24,26,29). The van der Waals surface area contributed by atoms with Gasteiger partial charge in [-0.15, -0.1) is 0 Å². The zero-order chi connectivity index (χ0) is 21.2. The molecule has 0 atom stereocenters. The second-order valence-electron chi connectivity index (χ2n) is 6.79. The van der Waals surface area contributed by atoms with Crippen molar-refractivity contribution in [2.45, 2.75) is 20.8 Å². The second kappa shape index (κ2) is 11.0. The lowest BCUT2D eigenvalue weighted by Gasteiger charge is -2.12. The summed E-state index contributed by atoms with van der Waals surface area (Å²) < 4.78 is 11.0. The average Bonchev–Trinajstić information content (AvgIpc) is 2.70. The monoisotopic (exact) mass is 415 g/mol. The first-order chi connectivity index (χ1) is 13.8. The van der Waals surface area contributed by atoms with E-state index in [9.17, 15) is 9.59 Å². The van der Waals surface area contributed by atoms with E-state index in [0.717, 1.165) is 5.56 Å². The van der Waals surface area contributed by atoms with Crippen LogP contribution in [-0.2, 0) is 4.79 Å². The highest BCUT2D eigenvalue weighted by atomic mass is 32.1. The van der Waals surface area contributed by atoms with Gasteiger partial charge in [0.05, 0.1) is 6.61 Å². The number of nitrogens with one attached hydrogen (secondary N) is 3. The molecule has 3 N–H and O–H groups in total. The molecule has 0 aliphatic heterocycles. The Labute approximate surface area is 175 Å². The number of thiocarbonyl (C=S) groups is 1. The van der Waals surface area contributed by atoms with Crippen molar-refractivity contribution in [2.75, 3.05) is 13.2 Å². The summed E-state index contributed by atoms with van der Waals surface area (Å²) in [7, 11) is 0. The maximum absolute atomic E-state index is 12.3. The van der Waals surface area contributed by atoms with Crippen LogP contribution in [-0.4, -0.2) is 30.1 Å². The predicted octanol–water partition coefficient (Wildman–Crippen LogP) is 2.74. The number of carbonyl (C=O) groups is 2. The number of rotatable bonds is 7. The average molecular weight is 416 g/mol. The van der Waals surface area contributed by atoms with Gasteiger partial charge in [-0.3, -0.25) is 25.8 Å². The Morgan fingerprint density at radius 1 is 1.00 bits per heavy atom. The third kappa shape index (κ3) is 8.18. The molecule has 0 saturated heterocycles. The smallest absolute Gasteiger partial charge is 0.276 e. The Kier molecular flexibility index (Phi) is 8.42. The fourth-order valence-electron chi connectivity index (χ4n) is 2.14. The zero-order valence-corrected chi connectivity index (χ0v) is 17.5. The minimum Gasteiger partial charge on any atom is -0.493 e. The van der Waals surface area contributed by atoms with Gasteiger partial charge in [0, 0.05) is 5.56 Å². The van der Waals surface area contributed by atoms with Crippen molar-refractivity contribution in [3.63, 3.8) is 0 Å². The first-order valence-electron chi connectivity index (χ1n) is 9.16. The Balaban J connectivity index is 1.75. The molecule has 154 valence electrons. The van der Waals surface area contributed by atoms with Crippen LogP contribution < -0.4 is 25.6 Å². The quantitative estimate of drug-likeness (QED) is 0.476. The third-order valence-corrected chi connectivity index (χ3v) is 3.82. The first kappa shape index (κ1) is 22.2. The summed E-state index contributed by atoms with van der Waals surface area (Å²) in [5.74, 6) is 0.713. The van der Waals surface area contributed by atoms with Gasteiger partial charge in [-0.2, -0.15) is 0 Å². The van der Waals surface area contributed by atoms with Crippen molar-refractivity contribution in [1.29, 1.82) is 0 Å². The van der Waals surface area contributed by atoms with Crippen LogP contribution in [0, 0.1) is 12.8 Å². The van der Waals surface area contributed by atoms with Crippen LogP contribution in [0.15, 0.2) is 48.5 Å². The molecule has 2 aromatic rings. The fourth-order valence-corrected chi connectivity index (χ4v) is 2.29. The number of hydrazine groups is 1. The van der Waals surface area contributed by atoms with E-state index in [1.165, 1.54) is 0 Å². The van der Waals surface area contributed by atoms with Gasteiger partial charge in [0.1, 0.15) is 11.5 Å². The number of benzene rings is 2. The maximum Gasteiger partial charge on any atom is 0.276 e. The lowest BCUT2D eigenvalue weighted by Crippen LogP contribution is -2.49. The molecule has 0 spiro atoms. The highest BCUT2D eigenvalue weighted by Gasteiger charge is 2.10. The summed E-state index contributed by atoms with van der Waals surface area (Å²) >= 11 is 5.03. The van der Waals surface area contributed by atoms with E-state index in [1.54, 1.807) is 36.4 Å². The Morgan fingerprint density at radius 3 is 2.41 bits per heavy atom. The highest BCUT2D eigenvalue weighted by molar-refractivity contribution is 7.80. The van der Waals surface area contributed by atoms with Crippen LogP contribution in [0.1, 0.15) is 29.8 Å². The Hall–Kier alpha value is -3.13. The molecule has 0 aliphatic rings. The fraction of sp³-hybridized carbons (Fsp3) is 0.286. The van der Waals surface area contributed by atoms with Gasteiger partial charge in [-0.25, -0.2) is 0 Å². The highest BCUT2D eigenvalue weighted by Crippen LogP contribution is 2.14. The topological polar surface area (TPSA) is 88.7 Å². The predicted molar refractivity (Wildman–Crippen MR) is 115 cm³/mol. The molecule has 2 aromatic carbocycles. The molecule has 0 fully saturated rings. The van der Waals surface area contributed by atoms with Crippen LogP contribution >= 0.6 is 12.2 Å². The van der Waals surface area contributed by atoms with Gasteiger partial charge in [-0.1, -0.05) is 37.6 Å². The van der Waals surface area contributed by atoms with Crippen molar-refractivity contribution in [2.24, 2.45) is 5.92 Å². The van der Waals surface area contributed by atoms with Gasteiger partial charge < -0.3 is 9.47 Å². The summed E-state index contributed by atoms with van der Waals surface area (Å²) in [6, 6.07) is 14.1. The SMILES string of the molecule is Cc1ccc(OCC(=O)NNC(=S)NC(=O)c2cccc(OCC(C)C)c2)cc1. The van der Waals surface area contributed by atoms with E-state index in [0.29, 0.717) is 29.6 Å². The van der Waals surface area contributed by atoms with Crippen molar-refractivity contribution >= 4 is 29.1 Å².